The summed E-state index contributed by atoms with van der Waals surface area (Å²) in [6, 6.07) is 7.07. The van der Waals surface area contributed by atoms with Crippen molar-refractivity contribution in [3.63, 3.8) is 0 Å². The fourth-order valence-corrected chi connectivity index (χ4v) is 2.23. The molecule has 3 heterocycles. The molecule has 0 unspecified atom stereocenters. The van der Waals surface area contributed by atoms with Crippen LogP contribution in [0.3, 0.4) is 0 Å². The van der Waals surface area contributed by atoms with Crippen molar-refractivity contribution in [1.29, 1.82) is 0 Å². The average molecular weight is 308 g/mol. The highest BCUT2D eigenvalue weighted by atomic mass is 16.1. The van der Waals surface area contributed by atoms with Gasteiger partial charge in [-0.3, -0.25) is 9.78 Å². The molecule has 23 heavy (non-hydrogen) atoms. The molecular weight excluding hydrogens is 292 g/mol. The summed E-state index contributed by atoms with van der Waals surface area (Å²) in [5.41, 5.74) is 2.91. The Morgan fingerprint density at radius 1 is 1.09 bits per heavy atom. The first-order chi connectivity index (χ1) is 11.0. The van der Waals surface area contributed by atoms with Crippen LogP contribution in [0.25, 0.3) is 5.95 Å². The molecule has 7 heteroatoms. The normalized spacial score (nSPS) is 10.6. The van der Waals surface area contributed by atoms with E-state index in [0.29, 0.717) is 17.3 Å². The standard InChI is InChI=1S/C16H16N6O/c1-10-7-11(2)19-16(18-10)22-14(8-12(3)21-22)20-15(23)13-5-4-6-17-9-13/h4-9H,1-3H3,(H,20,23). The number of nitrogens with zero attached hydrogens (tertiary/aromatic N) is 5. The number of amides is 1. The van der Waals surface area contributed by atoms with Crippen LogP contribution in [0.4, 0.5) is 5.82 Å². The van der Waals surface area contributed by atoms with Crippen molar-refractivity contribution in [2.45, 2.75) is 20.8 Å². The molecule has 7 nitrogen and oxygen atoms in total. The van der Waals surface area contributed by atoms with Gasteiger partial charge in [0.1, 0.15) is 5.82 Å². The smallest absolute Gasteiger partial charge is 0.258 e. The minimum Gasteiger partial charge on any atom is -0.306 e. The lowest BCUT2D eigenvalue weighted by atomic mass is 10.3. The predicted octanol–water partition coefficient (Wildman–Crippen LogP) is 2.23. The molecule has 3 aromatic rings. The Morgan fingerprint density at radius 2 is 1.83 bits per heavy atom. The van der Waals surface area contributed by atoms with E-state index in [9.17, 15) is 4.79 Å². The number of carbonyl (C=O) groups is 1. The molecule has 0 radical (unpaired) electrons. The lowest BCUT2D eigenvalue weighted by Crippen LogP contribution is -2.16. The molecule has 0 fully saturated rings. The highest BCUT2D eigenvalue weighted by Crippen LogP contribution is 2.16. The molecular formula is C16H16N6O. The topological polar surface area (TPSA) is 85.6 Å². The number of carbonyl (C=O) groups excluding carboxylic acids is 1. The van der Waals surface area contributed by atoms with Gasteiger partial charge in [-0.05, 0) is 39.0 Å². The number of nitrogens with one attached hydrogen (secondary N) is 1. The number of anilines is 1. The van der Waals surface area contributed by atoms with E-state index >= 15 is 0 Å². The lowest BCUT2D eigenvalue weighted by molar-refractivity contribution is 0.102. The lowest BCUT2D eigenvalue weighted by Gasteiger charge is -2.08. The summed E-state index contributed by atoms with van der Waals surface area (Å²) in [6.45, 7) is 5.63. The molecule has 0 aliphatic rings. The van der Waals surface area contributed by atoms with Crippen LogP contribution in [0.2, 0.25) is 0 Å². The first kappa shape index (κ1) is 14.8. The average Bonchev–Trinajstić information content (AvgIpc) is 2.88. The minimum atomic E-state index is -0.261. The zero-order valence-corrected chi connectivity index (χ0v) is 13.1. The van der Waals surface area contributed by atoms with E-state index in [1.165, 1.54) is 10.9 Å². The molecule has 116 valence electrons. The van der Waals surface area contributed by atoms with Crippen molar-refractivity contribution in [3.05, 3.63) is 59.3 Å². The van der Waals surface area contributed by atoms with Crippen LogP contribution in [-0.4, -0.2) is 30.6 Å². The molecule has 0 atom stereocenters. The van der Waals surface area contributed by atoms with Crippen molar-refractivity contribution in [3.8, 4) is 5.95 Å². The molecule has 0 saturated heterocycles. The Labute approximate surface area is 133 Å². The number of pyridine rings is 1. The van der Waals surface area contributed by atoms with Gasteiger partial charge in [-0.2, -0.15) is 9.78 Å². The number of hydrogen-bond acceptors (Lipinski definition) is 5. The third-order valence-electron chi connectivity index (χ3n) is 3.16. The van der Waals surface area contributed by atoms with Crippen molar-refractivity contribution in [2.24, 2.45) is 0 Å². The van der Waals surface area contributed by atoms with Crippen LogP contribution in [0.1, 0.15) is 27.4 Å². The quantitative estimate of drug-likeness (QED) is 0.802. The third kappa shape index (κ3) is 3.23. The number of aromatic nitrogens is 5. The van der Waals surface area contributed by atoms with Gasteiger partial charge in [-0.25, -0.2) is 9.97 Å². The highest BCUT2D eigenvalue weighted by molar-refractivity contribution is 6.03. The third-order valence-corrected chi connectivity index (χ3v) is 3.16. The van der Waals surface area contributed by atoms with Gasteiger partial charge in [0.25, 0.3) is 11.9 Å². The van der Waals surface area contributed by atoms with Crippen molar-refractivity contribution in [2.75, 3.05) is 5.32 Å². The van der Waals surface area contributed by atoms with Crippen LogP contribution in [0.15, 0.2) is 36.7 Å². The number of rotatable bonds is 3. The molecule has 1 amide bonds. The monoisotopic (exact) mass is 308 g/mol. The van der Waals surface area contributed by atoms with E-state index in [2.05, 4.69) is 25.4 Å². The summed E-state index contributed by atoms with van der Waals surface area (Å²) in [5.74, 6) is 0.682. The van der Waals surface area contributed by atoms with E-state index in [-0.39, 0.29) is 5.91 Å². The van der Waals surface area contributed by atoms with Crippen molar-refractivity contribution >= 4 is 11.7 Å². The highest BCUT2D eigenvalue weighted by Gasteiger charge is 2.14. The summed E-state index contributed by atoms with van der Waals surface area (Å²) in [5, 5.41) is 7.20. The van der Waals surface area contributed by atoms with Gasteiger partial charge in [0.05, 0.1) is 11.3 Å². The van der Waals surface area contributed by atoms with E-state index in [1.54, 1.807) is 24.4 Å². The Bertz CT molecular complexity index is 836. The Kier molecular flexibility index (Phi) is 3.84. The summed E-state index contributed by atoms with van der Waals surface area (Å²) in [7, 11) is 0. The molecule has 1 N–H and O–H groups in total. The minimum absolute atomic E-state index is 0.261. The number of aryl methyl sites for hydroxylation is 3. The van der Waals surface area contributed by atoms with Gasteiger partial charge >= 0.3 is 0 Å². The van der Waals surface area contributed by atoms with Crippen LogP contribution >= 0.6 is 0 Å². The predicted molar refractivity (Wildman–Crippen MR) is 85.6 cm³/mol. The zero-order chi connectivity index (χ0) is 16.4. The zero-order valence-electron chi connectivity index (χ0n) is 13.1. The summed E-state index contributed by atoms with van der Waals surface area (Å²) in [4.78, 5) is 25.0. The molecule has 0 saturated carbocycles. The van der Waals surface area contributed by atoms with Crippen LogP contribution in [-0.2, 0) is 0 Å². The summed E-state index contributed by atoms with van der Waals surface area (Å²) in [6.07, 6.45) is 3.13. The fraction of sp³-hybridized carbons (Fsp3) is 0.188. The summed E-state index contributed by atoms with van der Waals surface area (Å²) < 4.78 is 1.53. The SMILES string of the molecule is Cc1cc(C)nc(-n2nc(C)cc2NC(=O)c2cccnc2)n1. The maximum atomic E-state index is 12.3. The van der Waals surface area contributed by atoms with Gasteiger partial charge in [0.2, 0.25) is 0 Å². The Hall–Kier alpha value is -3.09. The van der Waals surface area contributed by atoms with Gasteiger partial charge < -0.3 is 5.32 Å². The van der Waals surface area contributed by atoms with Gasteiger partial charge in [0.15, 0.2) is 0 Å². The van der Waals surface area contributed by atoms with Crippen molar-refractivity contribution in [1.82, 2.24) is 24.7 Å². The molecule has 3 rings (SSSR count). The largest absolute Gasteiger partial charge is 0.306 e. The first-order valence-corrected chi connectivity index (χ1v) is 7.13. The van der Waals surface area contributed by atoms with Crippen molar-refractivity contribution < 1.29 is 4.79 Å². The molecule has 0 aliphatic carbocycles. The second kappa shape index (κ2) is 5.96. The number of hydrogen-bond donors (Lipinski definition) is 1. The van der Waals surface area contributed by atoms with E-state index in [0.717, 1.165) is 17.1 Å². The maximum absolute atomic E-state index is 12.3. The van der Waals surface area contributed by atoms with E-state index in [1.807, 2.05) is 26.8 Å². The first-order valence-electron chi connectivity index (χ1n) is 7.13. The fourth-order valence-electron chi connectivity index (χ4n) is 2.23. The molecule has 0 bridgehead atoms. The van der Waals surface area contributed by atoms with Gasteiger partial charge in [0, 0.05) is 29.8 Å². The van der Waals surface area contributed by atoms with E-state index < -0.39 is 0 Å². The van der Waals surface area contributed by atoms with E-state index in [4.69, 9.17) is 0 Å². The molecule has 3 aromatic heterocycles. The maximum Gasteiger partial charge on any atom is 0.258 e. The summed E-state index contributed by atoms with van der Waals surface area (Å²) >= 11 is 0. The molecule has 0 spiro atoms. The van der Waals surface area contributed by atoms with Crippen LogP contribution in [0.5, 0.6) is 0 Å². The van der Waals surface area contributed by atoms with Crippen LogP contribution < -0.4 is 5.32 Å². The Balaban J connectivity index is 1.96. The van der Waals surface area contributed by atoms with Gasteiger partial charge in [-0.1, -0.05) is 0 Å². The second-order valence-corrected chi connectivity index (χ2v) is 5.23. The van der Waals surface area contributed by atoms with Gasteiger partial charge in [-0.15, -0.1) is 0 Å². The van der Waals surface area contributed by atoms with Crippen LogP contribution in [0, 0.1) is 20.8 Å². The second-order valence-electron chi connectivity index (χ2n) is 5.23. The molecule has 0 aliphatic heterocycles. The Morgan fingerprint density at radius 3 is 2.48 bits per heavy atom. The molecule has 0 aromatic carbocycles.